The fourth-order valence-corrected chi connectivity index (χ4v) is 2.38. The van der Waals surface area contributed by atoms with Gasteiger partial charge in [-0.25, -0.2) is 4.98 Å². The first-order valence-corrected chi connectivity index (χ1v) is 6.21. The Morgan fingerprint density at radius 1 is 1.17 bits per heavy atom. The fourth-order valence-electron chi connectivity index (χ4n) is 1.56. The Kier molecular flexibility index (Phi) is 3.66. The van der Waals surface area contributed by atoms with E-state index in [-0.39, 0.29) is 21.6 Å². The van der Waals surface area contributed by atoms with E-state index in [1.165, 1.54) is 4.90 Å². The van der Waals surface area contributed by atoms with Gasteiger partial charge in [0.05, 0.1) is 20.6 Å². The summed E-state index contributed by atoms with van der Waals surface area (Å²) in [4.78, 5) is 17.5. The normalized spacial score (nSPS) is 10.7. The van der Waals surface area contributed by atoms with E-state index >= 15 is 0 Å². The summed E-state index contributed by atoms with van der Waals surface area (Å²) in [6.07, 6.45) is 0. The first-order valence-electron chi connectivity index (χ1n) is 5.08. The van der Waals surface area contributed by atoms with Crippen LogP contribution in [0.4, 0.5) is 0 Å². The standard InChI is InChI=1S/C12H9Cl3N2O/c1-17(2)12(18)11-10(15)9(14)8-6(13)4-3-5-7(8)16-11/h3-5H,1-2H3. The maximum absolute atomic E-state index is 11.9. The Hall–Kier alpha value is -1.03. The van der Waals surface area contributed by atoms with Crippen LogP contribution in [0.2, 0.25) is 15.1 Å². The molecule has 0 bridgehead atoms. The second-order valence-corrected chi connectivity index (χ2v) is 5.09. The molecule has 3 nitrogen and oxygen atoms in total. The number of nitrogens with zero attached hydrogens (tertiary/aromatic N) is 2. The highest BCUT2D eigenvalue weighted by Gasteiger charge is 2.20. The number of rotatable bonds is 1. The lowest BCUT2D eigenvalue weighted by atomic mass is 10.2. The smallest absolute Gasteiger partial charge is 0.273 e. The summed E-state index contributed by atoms with van der Waals surface area (Å²) in [5, 5.41) is 1.38. The molecule has 2 rings (SSSR count). The third-order valence-electron chi connectivity index (χ3n) is 2.45. The summed E-state index contributed by atoms with van der Waals surface area (Å²) in [7, 11) is 3.24. The van der Waals surface area contributed by atoms with E-state index in [9.17, 15) is 4.79 Å². The van der Waals surface area contributed by atoms with Gasteiger partial charge in [0.1, 0.15) is 5.69 Å². The number of carbonyl (C=O) groups is 1. The van der Waals surface area contributed by atoms with Crippen molar-refractivity contribution in [3.05, 3.63) is 39.0 Å². The first-order chi connectivity index (χ1) is 8.43. The van der Waals surface area contributed by atoms with E-state index in [1.807, 2.05) is 0 Å². The number of hydrogen-bond acceptors (Lipinski definition) is 2. The van der Waals surface area contributed by atoms with Crippen molar-refractivity contribution in [1.29, 1.82) is 0 Å². The van der Waals surface area contributed by atoms with Crippen molar-refractivity contribution >= 4 is 51.6 Å². The number of halogens is 3. The molecule has 94 valence electrons. The maximum atomic E-state index is 11.9. The quantitative estimate of drug-likeness (QED) is 0.800. The Bertz CT molecular complexity index is 641. The van der Waals surface area contributed by atoms with Crippen LogP contribution in [-0.2, 0) is 0 Å². The topological polar surface area (TPSA) is 33.2 Å². The van der Waals surface area contributed by atoms with Crippen LogP contribution in [0.1, 0.15) is 10.5 Å². The molecule has 0 fully saturated rings. The SMILES string of the molecule is CN(C)C(=O)c1nc2cccc(Cl)c2c(Cl)c1Cl. The van der Waals surface area contributed by atoms with E-state index in [0.29, 0.717) is 15.9 Å². The highest BCUT2D eigenvalue weighted by molar-refractivity contribution is 6.49. The van der Waals surface area contributed by atoms with Gasteiger partial charge in [-0.05, 0) is 12.1 Å². The van der Waals surface area contributed by atoms with Gasteiger partial charge in [-0.15, -0.1) is 0 Å². The minimum atomic E-state index is -0.302. The molecule has 6 heteroatoms. The van der Waals surface area contributed by atoms with Gasteiger partial charge in [0.25, 0.3) is 5.91 Å². The predicted octanol–water partition coefficient (Wildman–Crippen LogP) is 3.90. The number of carbonyl (C=O) groups excluding carboxylic acids is 1. The average Bonchev–Trinajstić information content (AvgIpc) is 2.32. The lowest BCUT2D eigenvalue weighted by Crippen LogP contribution is -2.23. The van der Waals surface area contributed by atoms with Gasteiger partial charge < -0.3 is 4.90 Å². The molecule has 0 atom stereocenters. The van der Waals surface area contributed by atoms with Crippen molar-refractivity contribution in [2.45, 2.75) is 0 Å². The molecule has 1 heterocycles. The van der Waals surface area contributed by atoms with Crippen LogP contribution < -0.4 is 0 Å². The second-order valence-electron chi connectivity index (χ2n) is 3.92. The van der Waals surface area contributed by atoms with Gasteiger partial charge in [0.15, 0.2) is 0 Å². The number of pyridine rings is 1. The van der Waals surface area contributed by atoms with Gasteiger partial charge in [-0.2, -0.15) is 0 Å². The van der Waals surface area contributed by atoms with Crippen LogP contribution in [0.15, 0.2) is 18.2 Å². The van der Waals surface area contributed by atoms with Crippen molar-refractivity contribution in [3.63, 3.8) is 0 Å². The lowest BCUT2D eigenvalue weighted by molar-refractivity contribution is 0.0822. The minimum absolute atomic E-state index is 0.121. The van der Waals surface area contributed by atoms with Gasteiger partial charge in [0.2, 0.25) is 0 Å². The number of hydrogen-bond donors (Lipinski definition) is 0. The molecular formula is C12H9Cl3N2O. The van der Waals surface area contributed by atoms with Gasteiger partial charge in [-0.3, -0.25) is 4.79 Å². The zero-order valence-corrected chi connectivity index (χ0v) is 11.9. The highest BCUT2D eigenvalue weighted by Crippen LogP contribution is 2.36. The van der Waals surface area contributed by atoms with E-state index in [1.54, 1.807) is 32.3 Å². The summed E-state index contributed by atoms with van der Waals surface area (Å²) >= 11 is 18.3. The lowest BCUT2D eigenvalue weighted by Gasteiger charge is -2.13. The zero-order valence-electron chi connectivity index (χ0n) is 9.67. The predicted molar refractivity (Wildman–Crippen MR) is 74.8 cm³/mol. The number of benzene rings is 1. The van der Waals surface area contributed by atoms with Crippen LogP contribution in [0.25, 0.3) is 10.9 Å². The molecule has 0 unspecified atom stereocenters. The molecule has 2 aromatic rings. The van der Waals surface area contributed by atoms with E-state index in [4.69, 9.17) is 34.8 Å². The van der Waals surface area contributed by atoms with Crippen LogP contribution in [0.5, 0.6) is 0 Å². The molecule has 0 aliphatic carbocycles. The number of aromatic nitrogens is 1. The first kappa shape index (κ1) is 13.4. The van der Waals surface area contributed by atoms with Gasteiger partial charge in [0, 0.05) is 19.5 Å². The van der Waals surface area contributed by atoms with Crippen molar-refractivity contribution in [2.24, 2.45) is 0 Å². The summed E-state index contributed by atoms with van der Waals surface area (Å²) in [6, 6.07) is 5.17. The van der Waals surface area contributed by atoms with E-state index < -0.39 is 0 Å². The van der Waals surface area contributed by atoms with Crippen molar-refractivity contribution in [2.75, 3.05) is 14.1 Å². The molecule has 0 spiro atoms. The molecule has 0 aliphatic heterocycles. The Labute approximate surface area is 119 Å². The Morgan fingerprint density at radius 3 is 2.44 bits per heavy atom. The van der Waals surface area contributed by atoms with E-state index in [2.05, 4.69) is 4.98 Å². The number of amides is 1. The summed E-state index contributed by atoms with van der Waals surface area (Å²) < 4.78 is 0. The highest BCUT2D eigenvalue weighted by atomic mass is 35.5. The summed E-state index contributed by atoms with van der Waals surface area (Å²) in [5.74, 6) is -0.302. The van der Waals surface area contributed by atoms with Gasteiger partial charge >= 0.3 is 0 Å². The third-order valence-corrected chi connectivity index (χ3v) is 3.61. The van der Waals surface area contributed by atoms with Crippen molar-refractivity contribution in [3.8, 4) is 0 Å². The van der Waals surface area contributed by atoms with Gasteiger partial charge in [-0.1, -0.05) is 40.9 Å². The summed E-state index contributed by atoms with van der Waals surface area (Å²) in [6.45, 7) is 0. The molecule has 0 N–H and O–H groups in total. The zero-order chi connectivity index (χ0) is 13.4. The molecule has 1 aromatic heterocycles. The van der Waals surface area contributed by atoms with Crippen molar-refractivity contribution in [1.82, 2.24) is 9.88 Å². The second kappa shape index (κ2) is 4.92. The molecule has 18 heavy (non-hydrogen) atoms. The summed E-state index contributed by atoms with van der Waals surface area (Å²) in [5.41, 5.74) is 0.670. The van der Waals surface area contributed by atoms with Crippen LogP contribution in [0, 0.1) is 0 Å². The third kappa shape index (κ3) is 2.14. The molecule has 0 radical (unpaired) electrons. The average molecular weight is 304 g/mol. The molecule has 1 amide bonds. The minimum Gasteiger partial charge on any atom is -0.343 e. The molecule has 0 saturated heterocycles. The van der Waals surface area contributed by atoms with E-state index in [0.717, 1.165) is 0 Å². The Balaban J connectivity index is 2.80. The fraction of sp³-hybridized carbons (Fsp3) is 0.167. The number of fused-ring (bicyclic) bond motifs is 1. The maximum Gasteiger partial charge on any atom is 0.273 e. The largest absolute Gasteiger partial charge is 0.343 e. The van der Waals surface area contributed by atoms with Crippen LogP contribution in [-0.4, -0.2) is 29.9 Å². The van der Waals surface area contributed by atoms with Crippen LogP contribution in [0.3, 0.4) is 0 Å². The van der Waals surface area contributed by atoms with Crippen molar-refractivity contribution < 1.29 is 4.79 Å². The Morgan fingerprint density at radius 2 is 1.83 bits per heavy atom. The molecular weight excluding hydrogens is 295 g/mol. The van der Waals surface area contributed by atoms with Crippen LogP contribution >= 0.6 is 34.8 Å². The molecule has 0 saturated carbocycles. The monoisotopic (exact) mass is 302 g/mol. The molecule has 0 aliphatic rings. The molecule has 1 aromatic carbocycles.